The summed E-state index contributed by atoms with van der Waals surface area (Å²) < 4.78 is 1.59. The summed E-state index contributed by atoms with van der Waals surface area (Å²) in [5, 5.41) is 1.23. The van der Waals surface area contributed by atoms with Gasteiger partial charge in [0.2, 0.25) is 0 Å². The molecule has 0 aliphatic carbocycles. The second-order valence-corrected chi connectivity index (χ2v) is 6.43. The highest BCUT2D eigenvalue weighted by atomic mass is 32.2. The highest BCUT2D eigenvalue weighted by Gasteiger charge is 2.14. The van der Waals surface area contributed by atoms with Crippen LogP contribution in [0.3, 0.4) is 0 Å². The minimum atomic E-state index is -0.0992. The van der Waals surface area contributed by atoms with E-state index in [-0.39, 0.29) is 5.56 Å². The summed E-state index contributed by atoms with van der Waals surface area (Å²) in [7, 11) is 0. The van der Waals surface area contributed by atoms with E-state index in [0.29, 0.717) is 27.6 Å². The summed E-state index contributed by atoms with van der Waals surface area (Å²) in [6, 6.07) is 11.2. The number of rotatable bonds is 4. The normalized spacial score (nSPS) is 10.9. The highest BCUT2D eigenvalue weighted by molar-refractivity contribution is 7.99. The number of hydrogen-bond donors (Lipinski definition) is 0. The SMILES string of the molecule is C=C(C)CSc1nc2ccccc2c(=O)n1-c1cc(C)ccn1. The van der Waals surface area contributed by atoms with Crippen molar-refractivity contribution in [3.8, 4) is 5.82 Å². The van der Waals surface area contributed by atoms with E-state index in [2.05, 4.69) is 16.5 Å². The van der Waals surface area contributed by atoms with Gasteiger partial charge in [-0.15, -0.1) is 0 Å². The van der Waals surface area contributed by atoms with Crippen molar-refractivity contribution in [3.63, 3.8) is 0 Å². The Morgan fingerprint density at radius 3 is 2.83 bits per heavy atom. The summed E-state index contributed by atoms with van der Waals surface area (Å²) in [5.74, 6) is 1.30. The first-order valence-electron chi connectivity index (χ1n) is 7.28. The predicted molar refractivity (Wildman–Crippen MR) is 95.4 cm³/mol. The molecule has 0 fully saturated rings. The minimum absolute atomic E-state index is 0.0992. The molecule has 0 radical (unpaired) electrons. The zero-order chi connectivity index (χ0) is 16.4. The molecule has 5 heteroatoms. The molecular formula is C18H17N3OS. The molecule has 0 saturated heterocycles. The Morgan fingerprint density at radius 2 is 2.09 bits per heavy atom. The standard InChI is InChI=1S/C18H17N3OS/c1-12(2)11-23-18-20-15-7-5-4-6-14(15)17(22)21(18)16-10-13(3)8-9-19-16/h4-10H,1,11H2,2-3H3. The van der Waals surface area contributed by atoms with Crippen molar-refractivity contribution in [2.75, 3.05) is 5.75 Å². The van der Waals surface area contributed by atoms with Crippen molar-refractivity contribution >= 4 is 22.7 Å². The average Bonchev–Trinajstić information content (AvgIpc) is 2.53. The smallest absolute Gasteiger partial charge is 0.267 e. The van der Waals surface area contributed by atoms with Gasteiger partial charge in [-0.1, -0.05) is 36.0 Å². The van der Waals surface area contributed by atoms with Gasteiger partial charge >= 0.3 is 0 Å². The van der Waals surface area contributed by atoms with Crippen LogP contribution in [-0.2, 0) is 0 Å². The van der Waals surface area contributed by atoms with Gasteiger partial charge in [0.05, 0.1) is 10.9 Å². The Bertz CT molecular complexity index is 946. The maximum absolute atomic E-state index is 13.0. The monoisotopic (exact) mass is 323 g/mol. The maximum Gasteiger partial charge on any atom is 0.267 e. The van der Waals surface area contributed by atoms with Gasteiger partial charge in [0.15, 0.2) is 5.16 Å². The van der Waals surface area contributed by atoms with E-state index in [1.165, 1.54) is 11.8 Å². The van der Waals surface area contributed by atoms with Crippen LogP contribution in [0.4, 0.5) is 0 Å². The van der Waals surface area contributed by atoms with Gasteiger partial charge in [0.25, 0.3) is 5.56 Å². The van der Waals surface area contributed by atoms with Crippen molar-refractivity contribution in [3.05, 3.63) is 70.7 Å². The number of pyridine rings is 1. The lowest BCUT2D eigenvalue weighted by atomic mass is 10.2. The topological polar surface area (TPSA) is 47.8 Å². The fourth-order valence-electron chi connectivity index (χ4n) is 2.24. The van der Waals surface area contributed by atoms with Crippen LogP contribution in [0.5, 0.6) is 0 Å². The lowest BCUT2D eigenvalue weighted by molar-refractivity contribution is 0.795. The molecule has 3 rings (SSSR count). The van der Waals surface area contributed by atoms with Crippen molar-refractivity contribution in [1.29, 1.82) is 0 Å². The quantitative estimate of drug-likeness (QED) is 0.417. The largest absolute Gasteiger partial charge is 0.268 e. The van der Waals surface area contributed by atoms with Crippen molar-refractivity contribution in [2.24, 2.45) is 0 Å². The molecule has 2 aromatic heterocycles. The molecule has 116 valence electrons. The summed E-state index contributed by atoms with van der Waals surface area (Å²) in [4.78, 5) is 22.0. The molecular weight excluding hydrogens is 306 g/mol. The molecule has 0 aliphatic rings. The number of aromatic nitrogens is 3. The van der Waals surface area contributed by atoms with Gasteiger partial charge in [-0.2, -0.15) is 0 Å². The summed E-state index contributed by atoms with van der Waals surface area (Å²) in [6.07, 6.45) is 1.71. The van der Waals surface area contributed by atoms with E-state index in [1.54, 1.807) is 16.8 Å². The van der Waals surface area contributed by atoms with E-state index in [1.807, 2.05) is 44.2 Å². The number of para-hydroxylation sites is 1. The second kappa shape index (κ2) is 6.38. The fraction of sp³-hybridized carbons (Fsp3) is 0.167. The van der Waals surface area contributed by atoms with E-state index in [0.717, 1.165) is 11.1 Å². The molecule has 0 amide bonds. The molecule has 3 aromatic rings. The van der Waals surface area contributed by atoms with Crippen LogP contribution in [0, 0.1) is 6.92 Å². The zero-order valence-corrected chi connectivity index (χ0v) is 13.9. The van der Waals surface area contributed by atoms with Crippen LogP contribution in [0.1, 0.15) is 12.5 Å². The van der Waals surface area contributed by atoms with Gasteiger partial charge in [0.1, 0.15) is 5.82 Å². The van der Waals surface area contributed by atoms with Crippen LogP contribution in [0.2, 0.25) is 0 Å². The summed E-state index contributed by atoms with van der Waals surface area (Å²) in [5.41, 5.74) is 2.68. The number of nitrogens with zero attached hydrogens (tertiary/aromatic N) is 3. The number of aryl methyl sites for hydroxylation is 1. The molecule has 0 unspecified atom stereocenters. The molecule has 0 aliphatic heterocycles. The number of fused-ring (bicyclic) bond motifs is 1. The van der Waals surface area contributed by atoms with E-state index >= 15 is 0 Å². The van der Waals surface area contributed by atoms with Gasteiger partial charge < -0.3 is 0 Å². The zero-order valence-electron chi connectivity index (χ0n) is 13.1. The Labute approximate surface area is 138 Å². The lowest BCUT2D eigenvalue weighted by Crippen LogP contribution is -2.22. The van der Waals surface area contributed by atoms with Crippen LogP contribution >= 0.6 is 11.8 Å². The minimum Gasteiger partial charge on any atom is -0.268 e. The lowest BCUT2D eigenvalue weighted by Gasteiger charge is -2.12. The third-order valence-electron chi connectivity index (χ3n) is 3.32. The molecule has 4 nitrogen and oxygen atoms in total. The Kier molecular flexibility index (Phi) is 4.30. The van der Waals surface area contributed by atoms with Crippen LogP contribution in [0.25, 0.3) is 16.7 Å². The second-order valence-electron chi connectivity index (χ2n) is 5.49. The van der Waals surface area contributed by atoms with Crippen LogP contribution in [0.15, 0.2) is 64.7 Å². The summed E-state index contributed by atoms with van der Waals surface area (Å²) in [6.45, 7) is 7.86. The predicted octanol–water partition coefficient (Wildman–Crippen LogP) is 3.76. The van der Waals surface area contributed by atoms with Crippen LogP contribution < -0.4 is 5.56 Å². The number of benzene rings is 1. The number of thioether (sulfide) groups is 1. The van der Waals surface area contributed by atoms with E-state index in [9.17, 15) is 4.79 Å². The van der Waals surface area contributed by atoms with Gasteiger partial charge in [-0.3, -0.25) is 4.79 Å². The molecule has 0 N–H and O–H groups in total. The van der Waals surface area contributed by atoms with Crippen LogP contribution in [-0.4, -0.2) is 20.3 Å². The molecule has 0 saturated carbocycles. The first-order valence-corrected chi connectivity index (χ1v) is 8.27. The Balaban J connectivity index is 2.27. The van der Waals surface area contributed by atoms with E-state index in [4.69, 9.17) is 0 Å². The number of hydrogen-bond acceptors (Lipinski definition) is 4. The molecule has 23 heavy (non-hydrogen) atoms. The van der Waals surface area contributed by atoms with Gasteiger partial charge in [-0.05, 0) is 43.7 Å². The molecule has 0 bridgehead atoms. The molecule has 1 aromatic carbocycles. The average molecular weight is 323 g/mol. The van der Waals surface area contributed by atoms with Gasteiger partial charge in [0, 0.05) is 11.9 Å². The third-order valence-corrected chi connectivity index (χ3v) is 4.49. The first-order chi connectivity index (χ1) is 11.1. The van der Waals surface area contributed by atoms with E-state index < -0.39 is 0 Å². The Hall–Kier alpha value is -2.40. The van der Waals surface area contributed by atoms with Gasteiger partial charge in [-0.25, -0.2) is 14.5 Å². The molecule has 0 atom stereocenters. The maximum atomic E-state index is 13.0. The fourth-order valence-corrected chi connectivity index (χ4v) is 3.09. The third kappa shape index (κ3) is 3.19. The van der Waals surface area contributed by atoms with Crippen molar-refractivity contribution in [2.45, 2.75) is 19.0 Å². The Morgan fingerprint density at radius 1 is 1.30 bits per heavy atom. The van der Waals surface area contributed by atoms with Crippen molar-refractivity contribution in [1.82, 2.24) is 14.5 Å². The summed E-state index contributed by atoms with van der Waals surface area (Å²) >= 11 is 1.50. The van der Waals surface area contributed by atoms with Crippen molar-refractivity contribution < 1.29 is 0 Å². The highest BCUT2D eigenvalue weighted by Crippen LogP contribution is 2.22. The first kappa shape index (κ1) is 15.5. The molecule has 2 heterocycles. The molecule has 0 spiro atoms.